The molecule has 1 nitrogen and oxygen atoms in total. The zero-order chi connectivity index (χ0) is 8.91. The predicted octanol–water partition coefficient (Wildman–Crippen LogP) is 3.85. The van der Waals surface area contributed by atoms with Gasteiger partial charge in [-0.25, -0.2) is 0 Å². The van der Waals surface area contributed by atoms with Crippen LogP contribution in [0.1, 0.15) is 26.7 Å². The molecule has 0 fully saturated rings. The molecule has 0 saturated carbocycles. The van der Waals surface area contributed by atoms with Crippen molar-refractivity contribution in [1.29, 1.82) is 0 Å². The summed E-state index contributed by atoms with van der Waals surface area (Å²) in [6, 6.07) is 0. The van der Waals surface area contributed by atoms with Gasteiger partial charge in [-0.15, -0.1) is 0 Å². The number of hydrogen-bond donors (Lipinski definition) is 0. The zero-order valence-electron chi connectivity index (χ0n) is 6.91. The molecule has 0 aromatic rings. The SMILES string of the molecule is CCCN(CCC)[Si](I)(I)I. The Bertz CT molecular complexity index is 98.5. The maximum Gasteiger partial charge on any atom is 0.329 e. The van der Waals surface area contributed by atoms with Crippen LogP contribution in [0.15, 0.2) is 0 Å². The molecule has 0 heterocycles. The Morgan fingerprint density at radius 2 is 1.36 bits per heavy atom. The Labute approximate surface area is 109 Å². The Kier molecular flexibility index (Phi) is 8.22. The summed E-state index contributed by atoms with van der Waals surface area (Å²) in [6.45, 7) is 7.06. The first kappa shape index (κ1) is 13.4. The second kappa shape index (κ2) is 6.77. The topological polar surface area (TPSA) is 3.24 Å². The standard InChI is InChI=1S/C6H14I3NSi/c1-3-5-10(6-4-2)11(7,8)9/h3-6H2,1-2H3. The summed E-state index contributed by atoms with van der Waals surface area (Å²) < 4.78 is 1.56. The maximum absolute atomic E-state index is 2.65. The van der Waals surface area contributed by atoms with E-state index in [9.17, 15) is 0 Å². The summed E-state index contributed by atoms with van der Waals surface area (Å²) in [6.07, 6.45) is 2.56. The molecule has 5 heteroatoms. The van der Waals surface area contributed by atoms with E-state index >= 15 is 0 Å². The molecule has 68 valence electrons. The fourth-order valence-corrected chi connectivity index (χ4v) is 6.20. The highest BCUT2D eigenvalue weighted by Crippen LogP contribution is 2.33. The van der Waals surface area contributed by atoms with E-state index in [4.69, 9.17) is 0 Å². The molecule has 11 heavy (non-hydrogen) atoms. The molecule has 0 aromatic carbocycles. The van der Waals surface area contributed by atoms with Crippen LogP contribution in [0.3, 0.4) is 0 Å². The average molecular weight is 509 g/mol. The van der Waals surface area contributed by atoms with Crippen LogP contribution in [-0.4, -0.2) is 18.4 Å². The van der Waals surface area contributed by atoms with E-state index in [1.54, 1.807) is 0 Å². The van der Waals surface area contributed by atoms with Gasteiger partial charge in [-0.3, -0.25) is 0 Å². The van der Waals surface area contributed by atoms with Crippen LogP contribution in [0.5, 0.6) is 0 Å². The third-order valence-electron chi connectivity index (χ3n) is 1.35. The van der Waals surface area contributed by atoms with Crippen LogP contribution in [0.25, 0.3) is 0 Å². The third kappa shape index (κ3) is 6.44. The molecule has 0 rings (SSSR count). The minimum Gasteiger partial charge on any atom is -0.300 e. The van der Waals surface area contributed by atoms with Crippen LogP contribution >= 0.6 is 65.4 Å². The van der Waals surface area contributed by atoms with Gasteiger partial charge in [0.05, 0.1) is 0 Å². The van der Waals surface area contributed by atoms with E-state index in [0.29, 0.717) is 0 Å². The summed E-state index contributed by atoms with van der Waals surface area (Å²) in [5.74, 6) is 0. The molecule has 0 aliphatic carbocycles. The molecule has 0 unspecified atom stereocenters. The summed E-state index contributed by atoms with van der Waals surface area (Å²) in [5.41, 5.74) is 0. The first-order valence-electron chi connectivity index (χ1n) is 3.84. The van der Waals surface area contributed by atoms with Gasteiger partial charge in [0.1, 0.15) is 0 Å². The van der Waals surface area contributed by atoms with Crippen molar-refractivity contribution in [1.82, 2.24) is 4.57 Å². The Morgan fingerprint density at radius 1 is 1.00 bits per heavy atom. The highest BCUT2D eigenvalue weighted by Gasteiger charge is 2.29. The van der Waals surface area contributed by atoms with Gasteiger partial charge in [-0.1, -0.05) is 79.2 Å². The lowest BCUT2D eigenvalue weighted by atomic mass is 10.4. The first-order chi connectivity index (χ1) is 5.02. The molecule has 0 saturated heterocycles. The fourth-order valence-electron chi connectivity index (χ4n) is 0.905. The Hall–Kier alpha value is 2.37. The molecular formula is C6H14I3NSi. The zero-order valence-corrected chi connectivity index (χ0v) is 14.4. The second-order valence-corrected chi connectivity index (χ2v) is 36.7. The van der Waals surface area contributed by atoms with Gasteiger partial charge in [0.2, 0.25) is 0 Å². The van der Waals surface area contributed by atoms with Crippen LogP contribution in [0, 0.1) is 0 Å². The van der Waals surface area contributed by atoms with E-state index in [0.717, 1.165) is 0 Å². The first-order valence-corrected chi connectivity index (χ1v) is 15.1. The Morgan fingerprint density at radius 3 is 1.55 bits per heavy atom. The number of hydrogen-bond acceptors (Lipinski definition) is 1. The smallest absolute Gasteiger partial charge is 0.300 e. The van der Waals surface area contributed by atoms with Gasteiger partial charge in [0.25, 0.3) is 0 Å². The van der Waals surface area contributed by atoms with Gasteiger partial charge in [-0.2, -0.15) is 0 Å². The third-order valence-corrected chi connectivity index (χ3v) is 8.65. The van der Waals surface area contributed by atoms with Gasteiger partial charge in [-0.05, 0) is 25.9 Å². The number of halogens is 3. The van der Waals surface area contributed by atoms with Crippen molar-refractivity contribution >= 4 is 66.1 Å². The van der Waals surface area contributed by atoms with Crippen LogP contribution in [0.2, 0.25) is 0 Å². The minimum atomic E-state index is -1.09. The van der Waals surface area contributed by atoms with Crippen LogP contribution in [0.4, 0.5) is 0 Å². The highest BCUT2D eigenvalue weighted by molar-refractivity contribution is 14.4. The van der Waals surface area contributed by atoms with Crippen molar-refractivity contribution in [3.05, 3.63) is 0 Å². The molecule has 0 aliphatic heterocycles. The molecule has 0 bridgehead atoms. The van der Waals surface area contributed by atoms with Crippen molar-refractivity contribution in [3.63, 3.8) is 0 Å². The van der Waals surface area contributed by atoms with Crippen molar-refractivity contribution in [2.24, 2.45) is 0 Å². The lowest BCUT2D eigenvalue weighted by molar-refractivity contribution is 0.446. The van der Waals surface area contributed by atoms with Crippen LogP contribution in [-0.2, 0) is 0 Å². The second-order valence-electron chi connectivity index (χ2n) is 2.45. The lowest BCUT2D eigenvalue weighted by Crippen LogP contribution is -2.39. The molecule has 0 aliphatic rings. The van der Waals surface area contributed by atoms with Crippen molar-refractivity contribution in [3.8, 4) is 0 Å². The summed E-state index contributed by atoms with van der Waals surface area (Å²) in [4.78, 5) is 0. The maximum atomic E-state index is 2.65. The summed E-state index contributed by atoms with van der Waals surface area (Å²) in [5, 5.41) is 0. The molecule has 0 atom stereocenters. The van der Waals surface area contributed by atoms with E-state index in [1.807, 2.05) is 0 Å². The summed E-state index contributed by atoms with van der Waals surface area (Å²) in [7, 11) is 0. The van der Waals surface area contributed by atoms with Crippen molar-refractivity contribution in [2.45, 2.75) is 26.7 Å². The molecular weight excluding hydrogens is 495 g/mol. The van der Waals surface area contributed by atoms with Crippen molar-refractivity contribution < 1.29 is 0 Å². The normalized spacial score (nSPS) is 12.5. The molecule has 0 radical (unpaired) electrons. The van der Waals surface area contributed by atoms with Gasteiger partial charge in [0, 0.05) is 0 Å². The average Bonchev–Trinajstić information content (AvgIpc) is 1.85. The largest absolute Gasteiger partial charge is 0.329 e. The van der Waals surface area contributed by atoms with E-state index < -0.39 is 0.725 Å². The van der Waals surface area contributed by atoms with Gasteiger partial charge >= 0.3 is 0.725 Å². The monoisotopic (exact) mass is 509 g/mol. The van der Waals surface area contributed by atoms with Crippen molar-refractivity contribution in [2.75, 3.05) is 13.1 Å². The summed E-state index contributed by atoms with van der Waals surface area (Å²) >= 11 is 7.87. The molecule has 0 amide bonds. The van der Waals surface area contributed by atoms with Crippen LogP contribution < -0.4 is 0 Å². The predicted molar refractivity (Wildman–Crippen MR) is 80.0 cm³/mol. The Balaban J connectivity index is 3.88. The molecule has 0 N–H and O–H groups in total. The van der Waals surface area contributed by atoms with Gasteiger partial charge in [0.15, 0.2) is 0 Å². The van der Waals surface area contributed by atoms with E-state index in [2.05, 4.69) is 83.8 Å². The quantitative estimate of drug-likeness (QED) is 0.310. The minimum absolute atomic E-state index is 1.09. The van der Waals surface area contributed by atoms with E-state index in [1.165, 1.54) is 25.9 Å². The van der Waals surface area contributed by atoms with E-state index in [-0.39, 0.29) is 0 Å². The fraction of sp³-hybridized carbons (Fsp3) is 1.00. The van der Waals surface area contributed by atoms with Gasteiger partial charge < -0.3 is 4.57 Å². The highest BCUT2D eigenvalue weighted by atomic mass is 127. The number of rotatable bonds is 5. The molecule has 0 aromatic heterocycles. The lowest BCUT2D eigenvalue weighted by Gasteiger charge is -2.27. The molecule has 0 spiro atoms. The number of nitrogens with zero attached hydrogens (tertiary/aromatic N) is 1.